The molecule has 3 aromatic rings. The summed E-state index contributed by atoms with van der Waals surface area (Å²) >= 11 is 0. The van der Waals surface area contributed by atoms with Crippen LogP contribution >= 0.6 is 0 Å². The molecule has 9 heteroatoms. The number of rotatable bonds is 6. The summed E-state index contributed by atoms with van der Waals surface area (Å²) in [6, 6.07) is 15.6. The highest BCUT2D eigenvalue weighted by molar-refractivity contribution is 7.89. The fraction of sp³-hybridized carbons (Fsp3) is 0.182. The number of nitrogens with two attached hydrogens (primary N) is 1. The van der Waals surface area contributed by atoms with Gasteiger partial charge in [0.1, 0.15) is 17.6 Å². The van der Waals surface area contributed by atoms with E-state index >= 15 is 0 Å². The zero-order valence-electron chi connectivity index (χ0n) is 16.6. The van der Waals surface area contributed by atoms with Gasteiger partial charge in [0.05, 0.1) is 4.90 Å². The second-order valence-corrected chi connectivity index (χ2v) is 9.24. The van der Waals surface area contributed by atoms with E-state index in [9.17, 15) is 18.3 Å². The number of nitrogen functional groups attached to an aromatic ring is 1. The molecule has 1 heterocycles. The smallest absolute Gasteiger partial charge is 0.241 e. The lowest BCUT2D eigenvalue weighted by atomic mass is 10.1. The standard InChI is InChI=1S/C22H22N4O4S/c23-21(24)16-3-1-2-14(10-16)13-26-9-8-20(22(26)28)25-31(29,30)19-7-5-15-4-6-18(27)11-17(15)12-19/h1-7,10-12,20,25,27H,8-9,13H2,(H3,23,24)/t20-/m0/s1. The largest absolute Gasteiger partial charge is 0.508 e. The first kappa shape index (κ1) is 20.8. The van der Waals surface area contributed by atoms with Crippen molar-refractivity contribution in [2.45, 2.75) is 23.9 Å². The van der Waals surface area contributed by atoms with Gasteiger partial charge >= 0.3 is 0 Å². The highest BCUT2D eigenvalue weighted by Gasteiger charge is 2.35. The summed E-state index contributed by atoms with van der Waals surface area (Å²) in [7, 11) is -3.92. The molecule has 4 rings (SSSR count). The third-order valence-electron chi connectivity index (χ3n) is 5.31. The second kappa shape index (κ2) is 8.01. The maximum atomic E-state index is 12.9. The predicted molar refractivity (Wildman–Crippen MR) is 117 cm³/mol. The number of hydrogen-bond donors (Lipinski definition) is 4. The maximum absolute atomic E-state index is 12.9. The molecule has 0 saturated carbocycles. The molecule has 160 valence electrons. The van der Waals surface area contributed by atoms with Crippen LogP contribution < -0.4 is 10.5 Å². The molecule has 0 spiro atoms. The molecule has 1 fully saturated rings. The highest BCUT2D eigenvalue weighted by atomic mass is 32.2. The van der Waals surface area contributed by atoms with Crippen LogP contribution in [0.25, 0.3) is 10.8 Å². The highest BCUT2D eigenvalue weighted by Crippen LogP contribution is 2.24. The number of phenols is 1. The molecule has 0 unspecified atom stereocenters. The van der Waals surface area contributed by atoms with Gasteiger partial charge in [-0.1, -0.05) is 30.3 Å². The molecule has 1 atom stereocenters. The van der Waals surface area contributed by atoms with Crippen molar-refractivity contribution < 1.29 is 18.3 Å². The Labute approximate surface area is 179 Å². The van der Waals surface area contributed by atoms with Crippen LogP contribution in [0, 0.1) is 5.41 Å². The topological polar surface area (TPSA) is 137 Å². The van der Waals surface area contributed by atoms with Gasteiger partial charge in [0.15, 0.2) is 0 Å². The SMILES string of the molecule is N=C(N)c1cccc(CN2CC[C@H](NS(=O)(=O)c3ccc4ccc(O)cc4c3)C2=O)c1. The van der Waals surface area contributed by atoms with Gasteiger partial charge in [-0.05, 0) is 53.1 Å². The second-order valence-electron chi connectivity index (χ2n) is 7.53. The number of benzene rings is 3. The summed E-state index contributed by atoms with van der Waals surface area (Å²) in [6.07, 6.45) is 0.360. The minimum atomic E-state index is -3.92. The fourth-order valence-corrected chi connectivity index (χ4v) is 4.96. The van der Waals surface area contributed by atoms with Gasteiger partial charge in [0, 0.05) is 18.7 Å². The molecule has 1 amide bonds. The van der Waals surface area contributed by atoms with Crippen molar-refractivity contribution in [3.63, 3.8) is 0 Å². The Balaban J connectivity index is 1.49. The van der Waals surface area contributed by atoms with E-state index in [1.807, 2.05) is 6.07 Å². The number of nitrogens with one attached hydrogen (secondary N) is 2. The van der Waals surface area contributed by atoms with Crippen molar-refractivity contribution in [1.82, 2.24) is 9.62 Å². The number of carbonyl (C=O) groups excluding carboxylic acids is 1. The van der Waals surface area contributed by atoms with E-state index in [0.717, 1.165) is 10.9 Å². The molecule has 1 saturated heterocycles. The molecule has 1 aliphatic rings. The van der Waals surface area contributed by atoms with Gasteiger partial charge < -0.3 is 15.7 Å². The zero-order valence-corrected chi connectivity index (χ0v) is 17.4. The molecule has 3 aromatic carbocycles. The minimum Gasteiger partial charge on any atom is -0.508 e. The number of nitrogens with zero attached hydrogens (tertiary/aromatic N) is 1. The number of phenolic OH excluding ortho intramolecular Hbond substituents is 1. The molecular weight excluding hydrogens is 416 g/mol. The number of hydrogen-bond acceptors (Lipinski definition) is 5. The summed E-state index contributed by atoms with van der Waals surface area (Å²) in [4.78, 5) is 14.4. The number of amidine groups is 1. The van der Waals surface area contributed by atoms with Crippen LogP contribution in [0.4, 0.5) is 0 Å². The number of likely N-dealkylation sites (tertiary alicyclic amines) is 1. The average molecular weight is 439 g/mol. The monoisotopic (exact) mass is 438 g/mol. The summed E-state index contributed by atoms with van der Waals surface area (Å²) < 4.78 is 28.2. The number of fused-ring (bicyclic) bond motifs is 1. The van der Waals surface area contributed by atoms with Crippen molar-refractivity contribution in [3.05, 3.63) is 71.8 Å². The van der Waals surface area contributed by atoms with E-state index in [-0.39, 0.29) is 22.4 Å². The van der Waals surface area contributed by atoms with Crippen molar-refractivity contribution in [3.8, 4) is 5.75 Å². The van der Waals surface area contributed by atoms with Gasteiger partial charge in [-0.15, -0.1) is 0 Å². The first-order valence-electron chi connectivity index (χ1n) is 9.70. The fourth-order valence-electron chi connectivity index (χ4n) is 3.70. The Bertz CT molecular complexity index is 1290. The maximum Gasteiger partial charge on any atom is 0.241 e. The third kappa shape index (κ3) is 4.37. The molecule has 0 radical (unpaired) electrons. The molecule has 0 aliphatic carbocycles. The third-order valence-corrected chi connectivity index (χ3v) is 6.78. The van der Waals surface area contributed by atoms with Crippen molar-refractivity contribution in [2.24, 2.45) is 5.73 Å². The van der Waals surface area contributed by atoms with Crippen LogP contribution in [-0.4, -0.2) is 42.8 Å². The van der Waals surface area contributed by atoms with Crippen LogP contribution in [0.3, 0.4) is 0 Å². The first-order chi connectivity index (χ1) is 14.7. The quantitative estimate of drug-likeness (QED) is 0.344. The molecule has 31 heavy (non-hydrogen) atoms. The Morgan fingerprint density at radius 2 is 1.90 bits per heavy atom. The molecule has 5 N–H and O–H groups in total. The molecule has 0 aromatic heterocycles. The average Bonchev–Trinajstić information content (AvgIpc) is 3.06. The number of aromatic hydroxyl groups is 1. The molecular formula is C22H22N4O4S. The minimum absolute atomic E-state index is 0.0333. The van der Waals surface area contributed by atoms with E-state index in [1.54, 1.807) is 35.2 Å². The lowest BCUT2D eigenvalue weighted by Gasteiger charge is -2.18. The summed E-state index contributed by atoms with van der Waals surface area (Å²) in [5, 5.41) is 18.6. The summed E-state index contributed by atoms with van der Waals surface area (Å²) in [6.45, 7) is 0.731. The van der Waals surface area contributed by atoms with Crippen LogP contribution in [0.1, 0.15) is 17.5 Å². The lowest BCUT2D eigenvalue weighted by molar-refractivity contribution is -0.129. The Morgan fingerprint density at radius 1 is 1.13 bits per heavy atom. The van der Waals surface area contributed by atoms with Gasteiger partial charge in [-0.3, -0.25) is 10.2 Å². The van der Waals surface area contributed by atoms with Crippen LogP contribution in [0.5, 0.6) is 5.75 Å². The van der Waals surface area contributed by atoms with Gasteiger partial charge in [0.25, 0.3) is 0 Å². The lowest BCUT2D eigenvalue weighted by Crippen LogP contribution is -2.41. The van der Waals surface area contributed by atoms with Crippen molar-refractivity contribution in [1.29, 1.82) is 5.41 Å². The van der Waals surface area contributed by atoms with Crippen LogP contribution in [-0.2, 0) is 21.4 Å². The van der Waals surface area contributed by atoms with Crippen LogP contribution in [0.2, 0.25) is 0 Å². The first-order valence-corrected chi connectivity index (χ1v) is 11.2. The summed E-state index contributed by atoms with van der Waals surface area (Å²) in [5.74, 6) is -0.301. The van der Waals surface area contributed by atoms with E-state index < -0.39 is 16.1 Å². The van der Waals surface area contributed by atoms with Crippen molar-refractivity contribution >= 4 is 32.5 Å². The van der Waals surface area contributed by atoms with Crippen molar-refractivity contribution in [2.75, 3.05) is 6.54 Å². The normalized spacial score (nSPS) is 16.7. The zero-order chi connectivity index (χ0) is 22.2. The Morgan fingerprint density at radius 3 is 2.68 bits per heavy atom. The summed E-state index contributed by atoms with van der Waals surface area (Å²) in [5.41, 5.74) is 6.91. The van der Waals surface area contributed by atoms with Crippen LogP contribution in [0.15, 0.2) is 65.6 Å². The Hall–Kier alpha value is -3.43. The number of amides is 1. The Kier molecular flexibility index (Phi) is 5.38. The number of sulfonamides is 1. The van der Waals surface area contributed by atoms with Gasteiger partial charge in [-0.2, -0.15) is 4.72 Å². The van der Waals surface area contributed by atoms with E-state index in [1.165, 1.54) is 24.3 Å². The van der Waals surface area contributed by atoms with E-state index in [4.69, 9.17) is 11.1 Å². The van der Waals surface area contributed by atoms with E-state index in [2.05, 4.69) is 4.72 Å². The predicted octanol–water partition coefficient (Wildman–Crippen LogP) is 1.91. The molecule has 0 bridgehead atoms. The molecule has 1 aliphatic heterocycles. The van der Waals surface area contributed by atoms with Gasteiger partial charge in [0.2, 0.25) is 15.9 Å². The van der Waals surface area contributed by atoms with Gasteiger partial charge in [-0.25, -0.2) is 8.42 Å². The molecule has 8 nitrogen and oxygen atoms in total. The number of carbonyl (C=O) groups is 1. The van der Waals surface area contributed by atoms with E-state index in [0.29, 0.717) is 30.5 Å².